The first-order chi connectivity index (χ1) is 9.50. The van der Waals surface area contributed by atoms with Gasteiger partial charge in [0, 0.05) is 13.1 Å². The van der Waals surface area contributed by atoms with Gasteiger partial charge in [0.25, 0.3) is 0 Å². The van der Waals surface area contributed by atoms with Gasteiger partial charge >= 0.3 is 0 Å². The number of nitrogens with zero attached hydrogens (tertiary/aromatic N) is 1. The molecular weight excluding hydrogens is 252 g/mol. The predicted octanol–water partition coefficient (Wildman–Crippen LogP) is 2.38. The topological polar surface area (TPSA) is 47.7 Å². The second-order valence-corrected chi connectivity index (χ2v) is 5.76. The standard InChI is InChI=1S/C16H28N2O2/c1-5-18(13-16(2,3)12-17)10-11-20-15-8-6-14(19-4)7-9-15/h6-9H,5,10-13,17H2,1-4H3. The molecule has 0 spiro atoms. The van der Waals surface area contributed by atoms with E-state index in [4.69, 9.17) is 15.2 Å². The Morgan fingerprint density at radius 3 is 2.25 bits per heavy atom. The number of methoxy groups -OCH3 is 1. The van der Waals surface area contributed by atoms with Crippen LogP contribution in [0.4, 0.5) is 0 Å². The van der Waals surface area contributed by atoms with E-state index < -0.39 is 0 Å². The first-order valence-corrected chi connectivity index (χ1v) is 7.20. The molecule has 0 aliphatic carbocycles. The Kier molecular flexibility index (Phi) is 6.82. The molecule has 4 heteroatoms. The van der Waals surface area contributed by atoms with Gasteiger partial charge in [0.1, 0.15) is 18.1 Å². The second kappa shape index (κ2) is 8.12. The van der Waals surface area contributed by atoms with Crippen LogP contribution in [0, 0.1) is 5.41 Å². The van der Waals surface area contributed by atoms with Crippen molar-refractivity contribution in [1.29, 1.82) is 0 Å². The Morgan fingerprint density at radius 1 is 1.15 bits per heavy atom. The molecule has 0 saturated heterocycles. The number of hydrogen-bond donors (Lipinski definition) is 1. The van der Waals surface area contributed by atoms with E-state index in [1.54, 1.807) is 7.11 Å². The fourth-order valence-corrected chi connectivity index (χ4v) is 1.98. The summed E-state index contributed by atoms with van der Waals surface area (Å²) in [5.74, 6) is 1.72. The van der Waals surface area contributed by atoms with E-state index in [-0.39, 0.29) is 5.41 Å². The van der Waals surface area contributed by atoms with Crippen molar-refractivity contribution >= 4 is 0 Å². The molecule has 114 valence electrons. The third-order valence-corrected chi connectivity index (χ3v) is 3.39. The Bertz CT molecular complexity index is 377. The second-order valence-electron chi connectivity index (χ2n) is 5.76. The lowest BCUT2D eigenvalue weighted by atomic mass is 9.93. The van der Waals surface area contributed by atoms with Crippen LogP contribution in [0.2, 0.25) is 0 Å². The first kappa shape index (κ1) is 16.8. The predicted molar refractivity (Wildman–Crippen MR) is 83.4 cm³/mol. The van der Waals surface area contributed by atoms with Gasteiger partial charge in [-0.1, -0.05) is 20.8 Å². The lowest BCUT2D eigenvalue weighted by Crippen LogP contribution is -2.40. The van der Waals surface area contributed by atoms with Crippen molar-refractivity contribution in [2.75, 3.05) is 39.9 Å². The van der Waals surface area contributed by atoms with Crippen molar-refractivity contribution in [3.63, 3.8) is 0 Å². The van der Waals surface area contributed by atoms with E-state index in [0.29, 0.717) is 13.2 Å². The van der Waals surface area contributed by atoms with Crippen molar-refractivity contribution < 1.29 is 9.47 Å². The molecule has 1 rings (SSSR count). The molecule has 0 heterocycles. The fraction of sp³-hybridized carbons (Fsp3) is 0.625. The molecule has 0 bridgehead atoms. The van der Waals surface area contributed by atoms with E-state index in [0.717, 1.165) is 31.1 Å². The highest BCUT2D eigenvalue weighted by Gasteiger charge is 2.19. The molecule has 0 saturated carbocycles. The van der Waals surface area contributed by atoms with Crippen LogP contribution in [-0.2, 0) is 0 Å². The Labute approximate surface area is 122 Å². The summed E-state index contributed by atoms with van der Waals surface area (Å²) in [5.41, 5.74) is 5.94. The number of rotatable bonds is 9. The zero-order valence-corrected chi connectivity index (χ0v) is 13.2. The van der Waals surface area contributed by atoms with Crippen molar-refractivity contribution in [3.8, 4) is 11.5 Å². The van der Waals surface area contributed by atoms with Crippen LogP contribution in [-0.4, -0.2) is 44.8 Å². The summed E-state index contributed by atoms with van der Waals surface area (Å²) in [6.07, 6.45) is 0. The monoisotopic (exact) mass is 280 g/mol. The number of ether oxygens (including phenoxy) is 2. The average Bonchev–Trinajstić information content (AvgIpc) is 2.46. The van der Waals surface area contributed by atoms with Crippen LogP contribution >= 0.6 is 0 Å². The van der Waals surface area contributed by atoms with Gasteiger partial charge in [0.05, 0.1) is 7.11 Å². The quantitative estimate of drug-likeness (QED) is 0.754. The van der Waals surface area contributed by atoms with Crippen LogP contribution in [0.3, 0.4) is 0 Å². The molecule has 20 heavy (non-hydrogen) atoms. The van der Waals surface area contributed by atoms with Gasteiger partial charge < -0.3 is 15.2 Å². The zero-order valence-electron chi connectivity index (χ0n) is 13.2. The van der Waals surface area contributed by atoms with E-state index >= 15 is 0 Å². The van der Waals surface area contributed by atoms with Crippen molar-refractivity contribution in [1.82, 2.24) is 4.90 Å². The Balaban J connectivity index is 2.37. The van der Waals surface area contributed by atoms with E-state index in [9.17, 15) is 0 Å². The van der Waals surface area contributed by atoms with Crippen LogP contribution in [0.5, 0.6) is 11.5 Å². The fourth-order valence-electron chi connectivity index (χ4n) is 1.98. The van der Waals surface area contributed by atoms with Gasteiger partial charge in [0.2, 0.25) is 0 Å². The first-order valence-electron chi connectivity index (χ1n) is 7.20. The van der Waals surface area contributed by atoms with Crippen molar-refractivity contribution in [2.45, 2.75) is 20.8 Å². The molecule has 0 atom stereocenters. The molecule has 0 aromatic heterocycles. The molecule has 1 aromatic rings. The van der Waals surface area contributed by atoms with Gasteiger partial charge in [0.15, 0.2) is 0 Å². The van der Waals surface area contributed by atoms with Gasteiger partial charge in [-0.25, -0.2) is 0 Å². The summed E-state index contributed by atoms with van der Waals surface area (Å²) in [4.78, 5) is 2.37. The van der Waals surface area contributed by atoms with E-state index in [1.165, 1.54) is 0 Å². The number of benzene rings is 1. The minimum absolute atomic E-state index is 0.149. The summed E-state index contributed by atoms with van der Waals surface area (Å²) in [6.45, 7) is 10.8. The molecule has 0 radical (unpaired) electrons. The molecule has 2 N–H and O–H groups in total. The highest BCUT2D eigenvalue weighted by molar-refractivity contribution is 5.31. The summed E-state index contributed by atoms with van der Waals surface area (Å²) in [5, 5.41) is 0. The summed E-state index contributed by atoms with van der Waals surface area (Å²) >= 11 is 0. The summed E-state index contributed by atoms with van der Waals surface area (Å²) in [7, 11) is 1.66. The van der Waals surface area contributed by atoms with Gasteiger partial charge in [-0.2, -0.15) is 0 Å². The maximum atomic E-state index is 5.79. The molecule has 0 aliphatic rings. The van der Waals surface area contributed by atoms with Crippen LogP contribution in [0.15, 0.2) is 24.3 Å². The minimum atomic E-state index is 0.149. The van der Waals surface area contributed by atoms with Crippen LogP contribution in [0.25, 0.3) is 0 Å². The zero-order chi connectivity index (χ0) is 15.0. The largest absolute Gasteiger partial charge is 0.497 e. The number of nitrogens with two attached hydrogens (primary N) is 1. The third kappa shape index (κ3) is 5.80. The normalized spacial score (nSPS) is 11.7. The molecule has 0 unspecified atom stereocenters. The maximum absolute atomic E-state index is 5.79. The molecular formula is C16H28N2O2. The molecule has 1 aromatic carbocycles. The van der Waals surface area contributed by atoms with Gasteiger partial charge in [-0.3, -0.25) is 4.90 Å². The number of hydrogen-bond acceptors (Lipinski definition) is 4. The maximum Gasteiger partial charge on any atom is 0.119 e. The number of likely N-dealkylation sites (N-methyl/N-ethyl adjacent to an activating group) is 1. The minimum Gasteiger partial charge on any atom is -0.497 e. The van der Waals surface area contributed by atoms with Crippen LogP contribution in [0.1, 0.15) is 20.8 Å². The highest BCUT2D eigenvalue weighted by Crippen LogP contribution is 2.17. The third-order valence-electron chi connectivity index (χ3n) is 3.39. The highest BCUT2D eigenvalue weighted by atomic mass is 16.5. The van der Waals surface area contributed by atoms with E-state index in [2.05, 4.69) is 25.7 Å². The van der Waals surface area contributed by atoms with Crippen molar-refractivity contribution in [3.05, 3.63) is 24.3 Å². The molecule has 4 nitrogen and oxygen atoms in total. The van der Waals surface area contributed by atoms with Crippen LogP contribution < -0.4 is 15.2 Å². The lowest BCUT2D eigenvalue weighted by molar-refractivity contribution is 0.160. The lowest BCUT2D eigenvalue weighted by Gasteiger charge is -2.30. The summed E-state index contributed by atoms with van der Waals surface area (Å²) in [6, 6.07) is 7.67. The van der Waals surface area contributed by atoms with Crippen molar-refractivity contribution in [2.24, 2.45) is 11.1 Å². The average molecular weight is 280 g/mol. The molecule has 0 aliphatic heterocycles. The smallest absolute Gasteiger partial charge is 0.119 e. The Morgan fingerprint density at radius 2 is 1.75 bits per heavy atom. The Hall–Kier alpha value is -1.26. The molecule has 0 amide bonds. The van der Waals surface area contributed by atoms with Gasteiger partial charge in [-0.05, 0) is 42.8 Å². The summed E-state index contributed by atoms with van der Waals surface area (Å²) < 4.78 is 10.9. The van der Waals surface area contributed by atoms with E-state index in [1.807, 2.05) is 24.3 Å². The SMILES string of the molecule is CCN(CCOc1ccc(OC)cc1)CC(C)(C)CN. The van der Waals surface area contributed by atoms with Gasteiger partial charge in [-0.15, -0.1) is 0 Å². The molecule has 0 fully saturated rings.